The SMILES string of the molecule is CC(NCC1CCNCC1)C1CCCN(C(=O)OC(C)(C)C)C1. The van der Waals surface area contributed by atoms with E-state index in [2.05, 4.69) is 17.6 Å². The summed E-state index contributed by atoms with van der Waals surface area (Å²) in [4.78, 5) is 14.2. The lowest BCUT2D eigenvalue weighted by atomic mass is 9.90. The first-order valence-electron chi connectivity index (χ1n) is 9.27. The van der Waals surface area contributed by atoms with Gasteiger partial charge >= 0.3 is 6.09 Å². The molecule has 2 unspecified atom stereocenters. The lowest BCUT2D eigenvalue weighted by Gasteiger charge is -2.37. The second-order valence-electron chi connectivity index (χ2n) is 8.22. The molecular weight excluding hydrogens is 290 g/mol. The third-order valence-electron chi connectivity index (χ3n) is 5.00. The highest BCUT2D eigenvalue weighted by Gasteiger charge is 2.30. The van der Waals surface area contributed by atoms with Crippen LogP contribution in [0.3, 0.4) is 0 Å². The summed E-state index contributed by atoms with van der Waals surface area (Å²) in [5.41, 5.74) is -0.414. The van der Waals surface area contributed by atoms with Gasteiger partial charge in [-0.15, -0.1) is 0 Å². The summed E-state index contributed by atoms with van der Waals surface area (Å²) in [5, 5.41) is 7.14. The average molecular weight is 325 g/mol. The summed E-state index contributed by atoms with van der Waals surface area (Å²) >= 11 is 0. The molecule has 2 aliphatic rings. The second-order valence-corrected chi connectivity index (χ2v) is 8.22. The van der Waals surface area contributed by atoms with Crippen molar-refractivity contribution in [3.05, 3.63) is 0 Å². The van der Waals surface area contributed by atoms with Gasteiger partial charge in [0.2, 0.25) is 0 Å². The highest BCUT2D eigenvalue weighted by atomic mass is 16.6. The van der Waals surface area contributed by atoms with Crippen LogP contribution < -0.4 is 10.6 Å². The van der Waals surface area contributed by atoms with E-state index in [1.807, 2.05) is 25.7 Å². The maximum Gasteiger partial charge on any atom is 0.410 e. The number of nitrogens with one attached hydrogen (secondary N) is 2. The molecule has 2 rings (SSSR count). The first-order valence-corrected chi connectivity index (χ1v) is 9.27. The Morgan fingerprint density at radius 3 is 2.65 bits per heavy atom. The number of likely N-dealkylation sites (tertiary alicyclic amines) is 1. The van der Waals surface area contributed by atoms with Gasteiger partial charge in [0.15, 0.2) is 0 Å². The van der Waals surface area contributed by atoms with Gasteiger partial charge in [0, 0.05) is 19.1 Å². The van der Waals surface area contributed by atoms with Gasteiger partial charge in [-0.05, 0) is 84.8 Å². The zero-order valence-corrected chi connectivity index (χ0v) is 15.4. The van der Waals surface area contributed by atoms with E-state index in [0.29, 0.717) is 12.0 Å². The fourth-order valence-electron chi connectivity index (χ4n) is 3.52. The number of rotatable bonds is 4. The van der Waals surface area contributed by atoms with Crippen molar-refractivity contribution in [2.45, 2.75) is 65.0 Å². The number of nitrogens with zero attached hydrogens (tertiary/aromatic N) is 1. The van der Waals surface area contributed by atoms with E-state index in [1.54, 1.807) is 0 Å². The molecule has 0 aliphatic carbocycles. The third-order valence-corrected chi connectivity index (χ3v) is 5.00. The fraction of sp³-hybridized carbons (Fsp3) is 0.944. The van der Waals surface area contributed by atoms with E-state index in [4.69, 9.17) is 4.74 Å². The van der Waals surface area contributed by atoms with Gasteiger partial charge in [-0.1, -0.05) is 0 Å². The Labute approximate surface area is 141 Å². The number of piperidine rings is 2. The smallest absolute Gasteiger partial charge is 0.410 e. The highest BCUT2D eigenvalue weighted by molar-refractivity contribution is 5.68. The van der Waals surface area contributed by atoms with Crippen molar-refractivity contribution in [2.24, 2.45) is 11.8 Å². The molecule has 134 valence electrons. The van der Waals surface area contributed by atoms with Gasteiger partial charge in [0.25, 0.3) is 0 Å². The minimum absolute atomic E-state index is 0.159. The van der Waals surface area contributed by atoms with Crippen LogP contribution in [0.1, 0.15) is 53.4 Å². The summed E-state index contributed by atoms with van der Waals surface area (Å²) in [7, 11) is 0. The van der Waals surface area contributed by atoms with Crippen LogP contribution in [0.4, 0.5) is 4.79 Å². The van der Waals surface area contributed by atoms with Crippen molar-refractivity contribution in [3.8, 4) is 0 Å². The van der Waals surface area contributed by atoms with E-state index in [0.717, 1.165) is 45.1 Å². The molecule has 0 radical (unpaired) electrons. The van der Waals surface area contributed by atoms with Gasteiger partial charge in [0.1, 0.15) is 5.60 Å². The van der Waals surface area contributed by atoms with Crippen molar-refractivity contribution in [1.29, 1.82) is 0 Å². The topological polar surface area (TPSA) is 53.6 Å². The maximum atomic E-state index is 12.3. The van der Waals surface area contributed by atoms with Gasteiger partial charge in [0.05, 0.1) is 0 Å². The summed E-state index contributed by atoms with van der Waals surface area (Å²) < 4.78 is 5.52. The van der Waals surface area contributed by atoms with Crippen LogP contribution in [-0.4, -0.2) is 55.4 Å². The Morgan fingerprint density at radius 2 is 2.00 bits per heavy atom. The van der Waals surface area contributed by atoms with Crippen LogP contribution in [0.2, 0.25) is 0 Å². The number of carbonyl (C=O) groups is 1. The molecule has 2 aliphatic heterocycles. The van der Waals surface area contributed by atoms with E-state index >= 15 is 0 Å². The Morgan fingerprint density at radius 1 is 1.30 bits per heavy atom. The van der Waals surface area contributed by atoms with Crippen molar-refractivity contribution in [1.82, 2.24) is 15.5 Å². The molecule has 0 saturated carbocycles. The van der Waals surface area contributed by atoms with Crippen molar-refractivity contribution >= 4 is 6.09 Å². The predicted octanol–water partition coefficient (Wildman–Crippen LogP) is 2.61. The number of ether oxygens (including phenoxy) is 1. The largest absolute Gasteiger partial charge is 0.444 e. The summed E-state index contributed by atoms with van der Waals surface area (Å²) in [6, 6.07) is 0.454. The molecule has 2 N–H and O–H groups in total. The van der Waals surface area contributed by atoms with Gasteiger partial charge < -0.3 is 20.3 Å². The number of hydrogen-bond acceptors (Lipinski definition) is 4. The molecule has 2 saturated heterocycles. The van der Waals surface area contributed by atoms with Crippen LogP contribution in [-0.2, 0) is 4.74 Å². The van der Waals surface area contributed by atoms with Gasteiger partial charge in [-0.25, -0.2) is 4.79 Å². The molecule has 2 atom stereocenters. The lowest BCUT2D eigenvalue weighted by molar-refractivity contribution is 0.0147. The predicted molar refractivity (Wildman–Crippen MR) is 93.6 cm³/mol. The number of amides is 1. The molecule has 0 spiro atoms. The highest BCUT2D eigenvalue weighted by Crippen LogP contribution is 2.22. The molecule has 1 amide bonds. The van der Waals surface area contributed by atoms with Crippen molar-refractivity contribution in [3.63, 3.8) is 0 Å². The van der Waals surface area contributed by atoms with Crippen LogP contribution in [0.25, 0.3) is 0 Å². The average Bonchev–Trinajstić information content (AvgIpc) is 2.52. The zero-order chi connectivity index (χ0) is 16.9. The summed E-state index contributed by atoms with van der Waals surface area (Å²) in [5.74, 6) is 1.32. The Balaban J connectivity index is 1.76. The number of carbonyl (C=O) groups excluding carboxylic acids is 1. The molecule has 5 heteroatoms. The molecule has 2 heterocycles. The Bertz CT molecular complexity index is 375. The van der Waals surface area contributed by atoms with E-state index < -0.39 is 5.60 Å². The normalized spacial score (nSPS) is 25.2. The monoisotopic (exact) mass is 325 g/mol. The van der Waals surface area contributed by atoms with Gasteiger partial charge in [-0.2, -0.15) is 0 Å². The second kappa shape index (κ2) is 8.34. The quantitative estimate of drug-likeness (QED) is 0.834. The van der Waals surface area contributed by atoms with Gasteiger partial charge in [-0.3, -0.25) is 0 Å². The molecule has 23 heavy (non-hydrogen) atoms. The van der Waals surface area contributed by atoms with Crippen LogP contribution >= 0.6 is 0 Å². The zero-order valence-electron chi connectivity index (χ0n) is 15.4. The molecule has 0 bridgehead atoms. The van der Waals surface area contributed by atoms with E-state index in [-0.39, 0.29) is 6.09 Å². The first-order chi connectivity index (χ1) is 10.8. The molecular formula is C18H35N3O2. The van der Waals surface area contributed by atoms with Crippen LogP contribution in [0.15, 0.2) is 0 Å². The van der Waals surface area contributed by atoms with E-state index in [9.17, 15) is 4.79 Å². The van der Waals surface area contributed by atoms with Crippen molar-refractivity contribution < 1.29 is 9.53 Å². The maximum absolute atomic E-state index is 12.3. The fourth-order valence-corrected chi connectivity index (χ4v) is 3.52. The summed E-state index contributed by atoms with van der Waals surface area (Å²) in [6.07, 6.45) is 4.65. The number of hydrogen-bond donors (Lipinski definition) is 2. The minimum atomic E-state index is -0.414. The molecule has 5 nitrogen and oxygen atoms in total. The molecule has 0 aromatic carbocycles. The molecule has 2 fully saturated rings. The standard InChI is InChI=1S/C18H35N3O2/c1-14(20-12-15-7-9-19-10-8-15)16-6-5-11-21(13-16)17(22)23-18(2,3)4/h14-16,19-20H,5-13H2,1-4H3. The summed E-state index contributed by atoms with van der Waals surface area (Å²) in [6.45, 7) is 13.1. The molecule has 0 aromatic rings. The van der Waals surface area contributed by atoms with Crippen LogP contribution in [0.5, 0.6) is 0 Å². The van der Waals surface area contributed by atoms with Crippen molar-refractivity contribution in [2.75, 3.05) is 32.7 Å². The third kappa shape index (κ3) is 6.30. The minimum Gasteiger partial charge on any atom is -0.444 e. The Kier molecular flexibility index (Phi) is 6.72. The lowest BCUT2D eigenvalue weighted by Crippen LogP contribution is -2.48. The van der Waals surface area contributed by atoms with Crippen LogP contribution in [0, 0.1) is 11.8 Å². The molecule has 0 aromatic heterocycles. The Hall–Kier alpha value is -0.810. The van der Waals surface area contributed by atoms with E-state index in [1.165, 1.54) is 19.3 Å². The first kappa shape index (κ1) is 18.5.